The number of hydrogen-bond donors (Lipinski definition) is 3. The number of methoxy groups -OCH3 is 1. The van der Waals surface area contributed by atoms with E-state index in [0.717, 1.165) is 17.7 Å². The fourth-order valence-corrected chi connectivity index (χ4v) is 4.08. The van der Waals surface area contributed by atoms with Crippen LogP contribution in [-0.4, -0.2) is 55.7 Å². The second-order valence-corrected chi connectivity index (χ2v) is 8.27. The van der Waals surface area contributed by atoms with Gasteiger partial charge in [0.05, 0.1) is 18.5 Å². The third-order valence-corrected chi connectivity index (χ3v) is 6.16. The third-order valence-electron chi connectivity index (χ3n) is 5.36. The van der Waals surface area contributed by atoms with Gasteiger partial charge in [-0.2, -0.15) is 0 Å². The second-order valence-electron chi connectivity index (χ2n) is 7.43. The van der Waals surface area contributed by atoms with Crippen molar-refractivity contribution in [2.24, 2.45) is 5.92 Å². The summed E-state index contributed by atoms with van der Waals surface area (Å²) in [4.78, 5) is 39.6. The summed E-state index contributed by atoms with van der Waals surface area (Å²) in [6.07, 6.45) is 3.40. The lowest BCUT2D eigenvalue weighted by Crippen LogP contribution is -2.44. The van der Waals surface area contributed by atoms with Gasteiger partial charge in [0, 0.05) is 24.5 Å². The van der Waals surface area contributed by atoms with E-state index in [1.807, 2.05) is 36.6 Å². The summed E-state index contributed by atoms with van der Waals surface area (Å²) in [6, 6.07) is 14.4. The number of amides is 4. The van der Waals surface area contributed by atoms with Crippen molar-refractivity contribution in [2.75, 3.05) is 43.6 Å². The molecule has 170 valence electrons. The summed E-state index contributed by atoms with van der Waals surface area (Å²) in [7, 11) is 1.56. The Morgan fingerprint density at radius 1 is 0.969 bits per heavy atom. The minimum Gasteiger partial charge on any atom is -0.495 e. The summed E-state index contributed by atoms with van der Waals surface area (Å²) in [5, 5.41) is 8.26. The number of para-hydroxylation sites is 3. The van der Waals surface area contributed by atoms with Gasteiger partial charge in [0.2, 0.25) is 0 Å². The number of hydrogen-bond acceptors (Lipinski definition) is 5. The van der Waals surface area contributed by atoms with Crippen LogP contribution in [0.1, 0.15) is 12.8 Å². The SMILES string of the molecule is COc1ccccc1NC(=O)N1CCC(CNC(=O)C(=O)Nc2ccccc2SC)CC1. The zero-order chi connectivity index (χ0) is 22.9. The number of piperidine rings is 1. The first-order valence-corrected chi connectivity index (χ1v) is 11.7. The van der Waals surface area contributed by atoms with E-state index in [4.69, 9.17) is 4.74 Å². The van der Waals surface area contributed by atoms with Crippen molar-refractivity contribution in [3.8, 4) is 5.75 Å². The third kappa shape index (κ3) is 6.16. The molecule has 1 heterocycles. The van der Waals surface area contributed by atoms with Crippen molar-refractivity contribution in [1.29, 1.82) is 0 Å². The van der Waals surface area contributed by atoms with Crippen molar-refractivity contribution in [3.63, 3.8) is 0 Å². The van der Waals surface area contributed by atoms with Crippen molar-refractivity contribution in [2.45, 2.75) is 17.7 Å². The molecule has 0 atom stereocenters. The first-order valence-electron chi connectivity index (χ1n) is 10.4. The van der Waals surface area contributed by atoms with Crippen LogP contribution in [0, 0.1) is 5.92 Å². The average Bonchev–Trinajstić information content (AvgIpc) is 2.83. The molecule has 0 aliphatic carbocycles. The van der Waals surface area contributed by atoms with Gasteiger partial charge in [-0.05, 0) is 49.3 Å². The van der Waals surface area contributed by atoms with Crippen LogP contribution in [0.5, 0.6) is 5.75 Å². The van der Waals surface area contributed by atoms with Crippen LogP contribution in [0.3, 0.4) is 0 Å². The van der Waals surface area contributed by atoms with Gasteiger partial charge < -0.3 is 25.6 Å². The van der Waals surface area contributed by atoms with Crippen LogP contribution in [0.2, 0.25) is 0 Å². The van der Waals surface area contributed by atoms with Gasteiger partial charge >= 0.3 is 17.8 Å². The molecular formula is C23H28N4O4S. The maximum Gasteiger partial charge on any atom is 0.321 e. The van der Waals surface area contributed by atoms with Gasteiger partial charge in [0.1, 0.15) is 5.75 Å². The molecule has 1 saturated heterocycles. The van der Waals surface area contributed by atoms with E-state index in [1.54, 1.807) is 30.2 Å². The number of likely N-dealkylation sites (tertiary alicyclic amines) is 1. The molecule has 1 aliphatic rings. The average molecular weight is 457 g/mol. The number of carbonyl (C=O) groups excluding carboxylic acids is 3. The Morgan fingerprint density at radius 3 is 2.31 bits per heavy atom. The summed E-state index contributed by atoms with van der Waals surface area (Å²) >= 11 is 1.50. The standard InChI is InChI=1S/C23H28N4O4S/c1-31-19-9-5-3-7-17(19)26-23(30)27-13-11-16(12-14-27)15-24-21(28)22(29)25-18-8-4-6-10-20(18)32-2/h3-10,16H,11-15H2,1-2H3,(H,24,28)(H,25,29)(H,26,30). The highest BCUT2D eigenvalue weighted by Gasteiger charge is 2.24. The molecule has 1 fully saturated rings. The summed E-state index contributed by atoms with van der Waals surface area (Å²) in [5.74, 6) is -0.519. The molecule has 1 aliphatic heterocycles. The molecule has 0 radical (unpaired) electrons. The van der Waals surface area contributed by atoms with Crippen LogP contribution in [-0.2, 0) is 9.59 Å². The first-order chi connectivity index (χ1) is 15.5. The summed E-state index contributed by atoms with van der Waals surface area (Å²) in [6.45, 7) is 1.56. The van der Waals surface area contributed by atoms with E-state index >= 15 is 0 Å². The van der Waals surface area contributed by atoms with E-state index in [0.29, 0.717) is 36.8 Å². The molecule has 2 aromatic rings. The largest absolute Gasteiger partial charge is 0.495 e. The number of nitrogens with zero attached hydrogens (tertiary/aromatic N) is 1. The zero-order valence-electron chi connectivity index (χ0n) is 18.2. The van der Waals surface area contributed by atoms with Crippen molar-refractivity contribution >= 4 is 41.0 Å². The summed E-state index contributed by atoms with van der Waals surface area (Å²) in [5.41, 5.74) is 1.25. The molecule has 0 unspecified atom stereocenters. The Morgan fingerprint density at radius 2 is 1.62 bits per heavy atom. The van der Waals surface area contributed by atoms with E-state index in [-0.39, 0.29) is 11.9 Å². The quantitative estimate of drug-likeness (QED) is 0.457. The van der Waals surface area contributed by atoms with Gasteiger partial charge in [0.25, 0.3) is 0 Å². The lowest BCUT2D eigenvalue weighted by Gasteiger charge is -2.32. The van der Waals surface area contributed by atoms with E-state index in [9.17, 15) is 14.4 Å². The fraction of sp³-hybridized carbons (Fsp3) is 0.348. The number of nitrogens with one attached hydrogen (secondary N) is 3. The lowest BCUT2D eigenvalue weighted by molar-refractivity contribution is -0.136. The van der Waals surface area contributed by atoms with Crippen LogP contribution >= 0.6 is 11.8 Å². The second kappa shape index (κ2) is 11.4. The highest BCUT2D eigenvalue weighted by molar-refractivity contribution is 7.98. The number of urea groups is 1. The van der Waals surface area contributed by atoms with E-state index in [1.165, 1.54) is 11.8 Å². The number of thioether (sulfide) groups is 1. The molecule has 3 rings (SSSR count). The van der Waals surface area contributed by atoms with Gasteiger partial charge in [0.15, 0.2) is 0 Å². The molecule has 2 aromatic carbocycles. The van der Waals surface area contributed by atoms with Crippen molar-refractivity contribution in [1.82, 2.24) is 10.2 Å². The normalized spacial score (nSPS) is 13.9. The molecular weight excluding hydrogens is 428 g/mol. The Hall–Kier alpha value is -3.20. The molecule has 8 nitrogen and oxygen atoms in total. The smallest absolute Gasteiger partial charge is 0.321 e. The fourth-order valence-electron chi connectivity index (χ4n) is 3.53. The molecule has 0 spiro atoms. The number of ether oxygens (including phenoxy) is 1. The lowest BCUT2D eigenvalue weighted by atomic mass is 9.97. The number of benzene rings is 2. The maximum absolute atomic E-state index is 12.6. The van der Waals surface area contributed by atoms with Crippen molar-refractivity contribution in [3.05, 3.63) is 48.5 Å². The summed E-state index contributed by atoms with van der Waals surface area (Å²) < 4.78 is 5.27. The zero-order valence-corrected chi connectivity index (χ0v) is 19.0. The Balaban J connectivity index is 1.42. The molecule has 0 bridgehead atoms. The number of anilines is 2. The number of carbonyl (C=O) groups is 3. The molecule has 4 amide bonds. The van der Waals surface area contributed by atoms with Gasteiger partial charge in [-0.3, -0.25) is 9.59 Å². The molecule has 3 N–H and O–H groups in total. The van der Waals surface area contributed by atoms with Crippen LogP contribution in [0.25, 0.3) is 0 Å². The predicted octanol–water partition coefficient (Wildman–Crippen LogP) is 3.42. The molecule has 32 heavy (non-hydrogen) atoms. The highest BCUT2D eigenvalue weighted by atomic mass is 32.2. The Kier molecular flexibility index (Phi) is 8.38. The Bertz CT molecular complexity index is 961. The van der Waals surface area contributed by atoms with Crippen LogP contribution in [0.15, 0.2) is 53.4 Å². The van der Waals surface area contributed by atoms with Gasteiger partial charge in [-0.15, -0.1) is 11.8 Å². The molecule has 0 saturated carbocycles. The minimum atomic E-state index is -0.680. The van der Waals surface area contributed by atoms with E-state index < -0.39 is 11.8 Å². The highest BCUT2D eigenvalue weighted by Crippen LogP contribution is 2.25. The first kappa shape index (κ1) is 23.5. The minimum absolute atomic E-state index is 0.177. The molecule has 9 heteroatoms. The predicted molar refractivity (Wildman–Crippen MR) is 126 cm³/mol. The van der Waals surface area contributed by atoms with E-state index in [2.05, 4.69) is 16.0 Å². The molecule has 0 aromatic heterocycles. The van der Waals surface area contributed by atoms with Crippen LogP contribution < -0.4 is 20.7 Å². The van der Waals surface area contributed by atoms with Crippen molar-refractivity contribution < 1.29 is 19.1 Å². The monoisotopic (exact) mass is 456 g/mol. The van der Waals surface area contributed by atoms with Gasteiger partial charge in [-0.1, -0.05) is 24.3 Å². The van der Waals surface area contributed by atoms with Gasteiger partial charge in [-0.25, -0.2) is 4.79 Å². The number of rotatable bonds is 6. The Labute approximate surface area is 192 Å². The van der Waals surface area contributed by atoms with Crippen LogP contribution in [0.4, 0.5) is 16.2 Å². The maximum atomic E-state index is 12.6. The topological polar surface area (TPSA) is 99.8 Å².